The summed E-state index contributed by atoms with van der Waals surface area (Å²) in [5.41, 5.74) is 7.04. The lowest BCUT2D eigenvalue weighted by Gasteiger charge is -2.41. The Labute approximate surface area is 175 Å². The lowest BCUT2D eigenvalue weighted by molar-refractivity contribution is -0.136. The second-order valence-corrected chi connectivity index (χ2v) is 8.93. The van der Waals surface area contributed by atoms with Gasteiger partial charge < -0.3 is 30.1 Å². The number of piperidine rings is 1. The summed E-state index contributed by atoms with van der Waals surface area (Å²) < 4.78 is 10.8. The summed E-state index contributed by atoms with van der Waals surface area (Å²) in [5.74, 6) is 1.31. The van der Waals surface area contributed by atoms with E-state index < -0.39 is 6.04 Å². The van der Waals surface area contributed by atoms with Crippen molar-refractivity contribution in [1.82, 2.24) is 9.80 Å². The first kappa shape index (κ1) is 19.6. The van der Waals surface area contributed by atoms with Gasteiger partial charge in [-0.2, -0.15) is 0 Å². The lowest BCUT2D eigenvalue weighted by atomic mass is 9.84. The summed E-state index contributed by atoms with van der Waals surface area (Å²) in [6.45, 7) is 0.849. The Hall–Kier alpha value is -2.32. The highest BCUT2D eigenvalue weighted by Gasteiger charge is 2.47. The largest absolute Gasteiger partial charge is 0.454 e. The van der Waals surface area contributed by atoms with E-state index in [0.29, 0.717) is 23.6 Å². The van der Waals surface area contributed by atoms with Gasteiger partial charge in [-0.25, -0.2) is 0 Å². The van der Waals surface area contributed by atoms with Gasteiger partial charge in [0.25, 0.3) is 5.91 Å². The van der Waals surface area contributed by atoms with E-state index in [9.17, 15) is 14.7 Å². The number of amides is 2. The number of rotatable bonds is 4. The van der Waals surface area contributed by atoms with Gasteiger partial charge in [-0.1, -0.05) is 0 Å². The van der Waals surface area contributed by atoms with Crippen LogP contribution in [0.4, 0.5) is 0 Å². The third kappa shape index (κ3) is 3.22. The number of nitrogens with two attached hydrogens (primary N) is 1. The van der Waals surface area contributed by atoms with Gasteiger partial charge in [0.1, 0.15) is 0 Å². The van der Waals surface area contributed by atoms with Crippen LogP contribution in [0.3, 0.4) is 0 Å². The van der Waals surface area contributed by atoms with Gasteiger partial charge in [-0.05, 0) is 62.6 Å². The number of hydrogen-bond donors (Lipinski definition) is 2. The van der Waals surface area contributed by atoms with Crippen molar-refractivity contribution in [3.63, 3.8) is 0 Å². The van der Waals surface area contributed by atoms with Crippen LogP contribution in [0.1, 0.15) is 48.9 Å². The Morgan fingerprint density at radius 1 is 1.13 bits per heavy atom. The fourth-order valence-electron chi connectivity index (χ4n) is 5.73. The number of ether oxygens (including phenoxy) is 2. The van der Waals surface area contributed by atoms with Crippen molar-refractivity contribution >= 4 is 11.8 Å². The molecule has 0 saturated carbocycles. The molecule has 1 aromatic rings. The van der Waals surface area contributed by atoms with Gasteiger partial charge in [0.15, 0.2) is 11.5 Å². The standard InChI is InChI=1S/C22H29N3O5/c23-20(22(28)24-7-1-2-17(24)11-26)14-8-15-4-5-16(9-14)25(15)21(27)13-3-6-18-19(10-13)30-12-29-18/h3,6,10,14-17,20,26H,1-2,4-5,7-9,11-12,23H2/t14?,15?,16?,17-,20-/m0/s1. The Kier molecular flexibility index (Phi) is 5.06. The highest BCUT2D eigenvalue weighted by atomic mass is 16.7. The molecule has 30 heavy (non-hydrogen) atoms. The second-order valence-electron chi connectivity index (χ2n) is 8.93. The van der Waals surface area contributed by atoms with E-state index in [-0.39, 0.29) is 49.3 Å². The zero-order valence-electron chi connectivity index (χ0n) is 17.0. The normalized spacial score (nSPS) is 30.6. The molecule has 2 bridgehead atoms. The molecule has 3 fully saturated rings. The number of fused-ring (bicyclic) bond motifs is 3. The molecular weight excluding hydrogens is 386 g/mol. The molecule has 4 heterocycles. The van der Waals surface area contributed by atoms with Gasteiger partial charge >= 0.3 is 0 Å². The number of aliphatic hydroxyl groups is 1. The first-order chi connectivity index (χ1) is 14.6. The minimum absolute atomic E-state index is 0.00775. The Bertz CT molecular complexity index is 832. The van der Waals surface area contributed by atoms with Crippen molar-refractivity contribution in [1.29, 1.82) is 0 Å². The van der Waals surface area contributed by atoms with Crippen LogP contribution in [0.5, 0.6) is 11.5 Å². The van der Waals surface area contributed by atoms with Crippen molar-refractivity contribution < 1.29 is 24.2 Å². The van der Waals surface area contributed by atoms with Crippen LogP contribution in [0.15, 0.2) is 18.2 Å². The molecule has 3 N–H and O–H groups in total. The fraction of sp³-hybridized carbons (Fsp3) is 0.636. The predicted octanol–water partition coefficient (Wildman–Crippen LogP) is 1.11. The fourth-order valence-corrected chi connectivity index (χ4v) is 5.73. The van der Waals surface area contributed by atoms with E-state index in [1.165, 1.54) is 0 Å². The first-order valence-corrected chi connectivity index (χ1v) is 11.0. The van der Waals surface area contributed by atoms with Crippen molar-refractivity contribution in [2.24, 2.45) is 11.7 Å². The molecule has 5 rings (SSSR count). The Balaban J connectivity index is 1.28. The van der Waals surface area contributed by atoms with Crippen LogP contribution in [0, 0.1) is 5.92 Å². The van der Waals surface area contributed by atoms with Crippen LogP contribution in [-0.4, -0.2) is 70.8 Å². The van der Waals surface area contributed by atoms with Crippen molar-refractivity contribution in [2.45, 2.75) is 62.7 Å². The van der Waals surface area contributed by atoms with Crippen molar-refractivity contribution in [3.8, 4) is 11.5 Å². The second kappa shape index (κ2) is 7.74. The summed E-state index contributed by atoms with van der Waals surface area (Å²) in [5, 5.41) is 9.54. The van der Waals surface area contributed by atoms with E-state index in [1.807, 2.05) is 4.90 Å². The van der Waals surface area contributed by atoms with Crippen LogP contribution in [0.2, 0.25) is 0 Å². The summed E-state index contributed by atoms with van der Waals surface area (Å²) >= 11 is 0. The maximum absolute atomic E-state index is 13.3. The zero-order valence-corrected chi connectivity index (χ0v) is 17.0. The molecule has 4 aliphatic heterocycles. The number of aliphatic hydroxyl groups excluding tert-OH is 1. The highest BCUT2D eigenvalue weighted by molar-refractivity contribution is 5.95. The first-order valence-electron chi connectivity index (χ1n) is 11.0. The molecule has 162 valence electrons. The quantitative estimate of drug-likeness (QED) is 0.763. The van der Waals surface area contributed by atoms with Gasteiger partial charge in [0, 0.05) is 24.2 Å². The van der Waals surface area contributed by atoms with Crippen LogP contribution in [-0.2, 0) is 4.79 Å². The van der Waals surface area contributed by atoms with E-state index in [1.54, 1.807) is 23.1 Å². The highest BCUT2D eigenvalue weighted by Crippen LogP contribution is 2.42. The minimum atomic E-state index is -0.567. The Morgan fingerprint density at radius 3 is 2.60 bits per heavy atom. The molecule has 4 atom stereocenters. The zero-order chi connectivity index (χ0) is 20.8. The average Bonchev–Trinajstić information content (AvgIpc) is 3.48. The molecule has 0 spiro atoms. The number of hydrogen-bond acceptors (Lipinski definition) is 6. The Morgan fingerprint density at radius 2 is 1.87 bits per heavy atom. The molecule has 4 aliphatic rings. The topological polar surface area (TPSA) is 105 Å². The van der Waals surface area contributed by atoms with Crippen molar-refractivity contribution in [2.75, 3.05) is 19.9 Å². The third-order valence-corrected chi connectivity index (χ3v) is 7.29. The molecule has 2 unspecified atom stereocenters. The minimum Gasteiger partial charge on any atom is -0.454 e. The predicted molar refractivity (Wildman–Crippen MR) is 108 cm³/mol. The number of carbonyl (C=O) groups excluding carboxylic acids is 2. The van der Waals surface area contributed by atoms with Crippen LogP contribution < -0.4 is 15.2 Å². The average molecular weight is 415 g/mol. The number of likely N-dealkylation sites (tertiary alicyclic amines) is 1. The summed E-state index contributed by atoms with van der Waals surface area (Å²) in [7, 11) is 0. The molecule has 8 nitrogen and oxygen atoms in total. The van der Waals surface area contributed by atoms with Gasteiger partial charge in [0.05, 0.1) is 18.7 Å². The molecule has 0 aromatic heterocycles. The van der Waals surface area contributed by atoms with Gasteiger partial charge in [-0.15, -0.1) is 0 Å². The molecule has 0 radical (unpaired) electrons. The molecule has 8 heteroatoms. The summed E-state index contributed by atoms with van der Waals surface area (Å²) in [6, 6.07) is 4.88. The number of carbonyl (C=O) groups is 2. The van der Waals surface area contributed by atoms with E-state index in [0.717, 1.165) is 38.5 Å². The molecule has 3 saturated heterocycles. The maximum atomic E-state index is 13.3. The summed E-state index contributed by atoms with van der Waals surface area (Å²) in [4.78, 5) is 30.0. The van der Waals surface area contributed by atoms with Gasteiger partial charge in [-0.3, -0.25) is 9.59 Å². The number of nitrogens with zero attached hydrogens (tertiary/aromatic N) is 2. The molecule has 0 aliphatic carbocycles. The van der Waals surface area contributed by atoms with Crippen LogP contribution >= 0.6 is 0 Å². The smallest absolute Gasteiger partial charge is 0.254 e. The van der Waals surface area contributed by atoms with Crippen molar-refractivity contribution in [3.05, 3.63) is 23.8 Å². The monoisotopic (exact) mass is 415 g/mol. The SMILES string of the molecule is N[C@H](C(=O)N1CCC[C@H]1CO)C1CC2CCC(C1)N2C(=O)c1ccc2c(c1)OCO2. The maximum Gasteiger partial charge on any atom is 0.254 e. The van der Waals surface area contributed by atoms with Gasteiger partial charge in [0.2, 0.25) is 12.7 Å². The lowest BCUT2D eigenvalue weighted by Crippen LogP contribution is -2.55. The molecule has 2 amide bonds. The third-order valence-electron chi connectivity index (χ3n) is 7.29. The molecular formula is C22H29N3O5. The number of benzene rings is 1. The summed E-state index contributed by atoms with van der Waals surface area (Å²) in [6.07, 6.45) is 5.14. The van der Waals surface area contributed by atoms with Crippen LogP contribution in [0.25, 0.3) is 0 Å². The van der Waals surface area contributed by atoms with E-state index in [2.05, 4.69) is 0 Å². The van der Waals surface area contributed by atoms with E-state index in [4.69, 9.17) is 15.2 Å². The van der Waals surface area contributed by atoms with E-state index >= 15 is 0 Å². The molecule has 1 aromatic carbocycles.